The summed E-state index contributed by atoms with van der Waals surface area (Å²) < 4.78 is 5.25. The van der Waals surface area contributed by atoms with E-state index in [-0.39, 0.29) is 18.1 Å². The van der Waals surface area contributed by atoms with Crippen molar-refractivity contribution in [1.29, 1.82) is 5.41 Å². The zero-order valence-corrected chi connectivity index (χ0v) is 11.3. The van der Waals surface area contributed by atoms with E-state index in [1.54, 1.807) is 0 Å². The molecular formula is C13H20N2O4. The minimum Gasteiger partial charge on any atom is -0.462 e. The minimum atomic E-state index is -0.417. The van der Waals surface area contributed by atoms with Crippen LogP contribution in [-0.4, -0.2) is 35.0 Å². The summed E-state index contributed by atoms with van der Waals surface area (Å²) in [5, 5.41) is 9.33. The average molecular weight is 268 g/mol. The van der Waals surface area contributed by atoms with Crippen molar-refractivity contribution in [2.24, 2.45) is 5.92 Å². The van der Waals surface area contributed by atoms with E-state index in [2.05, 4.69) is 0 Å². The lowest BCUT2D eigenvalue weighted by Gasteiger charge is -2.44. The molecule has 2 rings (SSSR count). The molecule has 19 heavy (non-hydrogen) atoms. The van der Waals surface area contributed by atoms with Gasteiger partial charge in [0.1, 0.15) is 11.9 Å². The Bertz CT molecular complexity index is 396. The van der Waals surface area contributed by atoms with Gasteiger partial charge in [0.2, 0.25) is 0 Å². The molecule has 0 aromatic rings. The maximum absolute atomic E-state index is 11.1. The van der Waals surface area contributed by atoms with Gasteiger partial charge in [-0.2, -0.15) is 5.06 Å². The highest BCUT2D eigenvalue weighted by Crippen LogP contribution is 2.37. The Balaban J connectivity index is 2.07. The molecule has 2 fully saturated rings. The van der Waals surface area contributed by atoms with Crippen molar-refractivity contribution in [1.82, 2.24) is 5.06 Å². The van der Waals surface area contributed by atoms with Gasteiger partial charge in [0.15, 0.2) is 0 Å². The number of carbonyl (C=O) groups is 2. The molecule has 0 aromatic carbocycles. The molecule has 1 N–H and O–H groups in total. The van der Waals surface area contributed by atoms with Crippen molar-refractivity contribution in [2.45, 2.75) is 58.1 Å². The molecule has 0 radical (unpaired) electrons. The van der Waals surface area contributed by atoms with Crippen LogP contribution >= 0.6 is 0 Å². The van der Waals surface area contributed by atoms with E-state index in [1.165, 1.54) is 18.9 Å². The van der Waals surface area contributed by atoms with E-state index in [0.717, 1.165) is 19.3 Å². The molecule has 0 aromatic heterocycles. The number of hydrogen-bond acceptors (Lipinski definition) is 5. The standard InChI is InChI=1S/C13H20N2O4/c1-8(16)18-11-5-3-10-4-6-13(14)15(12(10)7-11)19-9(2)17/h10-12,14H,3-7H2,1-2H3. The number of piperidine rings is 1. The molecule has 106 valence electrons. The second-order valence-electron chi connectivity index (χ2n) is 5.27. The molecule has 0 spiro atoms. The molecule has 3 atom stereocenters. The van der Waals surface area contributed by atoms with Gasteiger partial charge in [-0.05, 0) is 25.2 Å². The summed E-state index contributed by atoms with van der Waals surface area (Å²) in [4.78, 5) is 27.3. The number of carbonyl (C=O) groups excluding carboxylic acids is 2. The lowest BCUT2D eigenvalue weighted by atomic mass is 9.77. The fourth-order valence-electron chi connectivity index (χ4n) is 3.03. The summed E-state index contributed by atoms with van der Waals surface area (Å²) in [7, 11) is 0. The zero-order chi connectivity index (χ0) is 14.0. The fraction of sp³-hybridized carbons (Fsp3) is 0.769. The molecule has 1 aliphatic carbocycles. The van der Waals surface area contributed by atoms with Crippen LogP contribution in [0.1, 0.15) is 46.0 Å². The molecule has 6 nitrogen and oxygen atoms in total. The maximum Gasteiger partial charge on any atom is 0.329 e. The first-order valence-electron chi connectivity index (χ1n) is 6.69. The first kappa shape index (κ1) is 13.8. The number of nitrogens with one attached hydrogen (secondary N) is 1. The van der Waals surface area contributed by atoms with E-state index < -0.39 is 5.97 Å². The first-order valence-corrected chi connectivity index (χ1v) is 6.69. The molecule has 1 saturated carbocycles. The second-order valence-corrected chi connectivity index (χ2v) is 5.27. The quantitative estimate of drug-likeness (QED) is 0.770. The first-order chi connectivity index (χ1) is 8.97. The average Bonchev–Trinajstić information content (AvgIpc) is 2.32. The maximum atomic E-state index is 11.1. The Morgan fingerprint density at radius 1 is 1.21 bits per heavy atom. The molecule has 2 aliphatic rings. The Morgan fingerprint density at radius 3 is 2.58 bits per heavy atom. The highest BCUT2D eigenvalue weighted by molar-refractivity contribution is 5.81. The molecule has 0 bridgehead atoms. The third kappa shape index (κ3) is 3.24. The summed E-state index contributed by atoms with van der Waals surface area (Å²) in [6.07, 6.45) is 3.85. The third-order valence-corrected chi connectivity index (χ3v) is 3.79. The van der Waals surface area contributed by atoms with Gasteiger partial charge in [-0.15, -0.1) is 0 Å². The normalized spacial score (nSPS) is 30.5. The van der Waals surface area contributed by atoms with Crippen LogP contribution in [0.15, 0.2) is 0 Å². The number of fused-ring (bicyclic) bond motifs is 1. The summed E-state index contributed by atoms with van der Waals surface area (Å²) in [5.74, 6) is 0.0357. The lowest BCUT2D eigenvalue weighted by Crippen LogP contribution is -2.52. The van der Waals surface area contributed by atoms with Crippen molar-refractivity contribution in [3.05, 3.63) is 0 Å². The van der Waals surface area contributed by atoms with Gasteiger partial charge in [0, 0.05) is 26.7 Å². The van der Waals surface area contributed by atoms with Crippen LogP contribution in [0.25, 0.3) is 0 Å². The van der Waals surface area contributed by atoms with Crippen LogP contribution in [0.4, 0.5) is 0 Å². The summed E-state index contributed by atoms with van der Waals surface area (Å²) >= 11 is 0. The molecular weight excluding hydrogens is 248 g/mol. The van der Waals surface area contributed by atoms with Crippen molar-refractivity contribution in [3.8, 4) is 0 Å². The van der Waals surface area contributed by atoms with E-state index in [1.807, 2.05) is 0 Å². The van der Waals surface area contributed by atoms with Crippen LogP contribution in [0.3, 0.4) is 0 Å². The van der Waals surface area contributed by atoms with E-state index in [0.29, 0.717) is 24.6 Å². The lowest BCUT2D eigenvalue weighted by molar-refractivity contribution is -0.191. The monoisotopic (exact) mass is 268 g/mol. The number of rotatable bonds is 2. The van der Waals surface area contributed by atoms with Gasteiger partial charge < -0.3 is 9.57 Å². The van der Waals surface area contributed by atoms with Crippen molar-refractivity contribution in [3.63, 3.8) is 0 Å². The summed E-state index contributed by atoms with van der Waals surface area (Å²) in [6.45, 7) is 2.74. The van der Waals surface area contributed by atoms with Gasteiger partial charge in [-0.25, -0.2) is 0 Å². The number of ether oxygens (including phenoxy) is 1. The highest BCUT2D eigenvalue weighted by atomic mass is 16.7. The van der Waals surface area contributed by atoms with Crippen LogP contribution < -0.4 is 0 Å². The Labute approximate surface area is 112 Å². The van der Waals surface area contributed by atoms with Crippen LogP contribution in [0, 0.1) is 11.3 Å². The number of nitrogens with zero attached hydrogens (tertiary/aromatic N) is 1. The molecule has 3 unspecified atom stereocenters. The topological polar surface area (TPSA) is 79.7 Å². The molecule has 1 aliphatic heterocycles. The second kappa shape index (κ2) is 5.59. The van der Waals surface area contributed by atoms with Crippen molar-refractivity contribution >= 4 is 17.8 Å². The van der Waals surface area contributed by atoms with Gasteiger partial charge in [0.05, 0.1) is 6.04 Å². The number of amidine groups is 1. The predicted molar refractivity (Wildman–Crippen MR) is 67.2 cm³/mol. The highest BCUT2D eigenvalue weighted by Gasteiger charge is 2.41. The molecule has 6 heteroatoms. The van der Waals surface area contributed by atoms with Crippen LogP contribution in [0.2, 0.25) is 0 Å². The Morgan fingerprint density at radius 2 is 1.95 bits per heavy atom. The van der Waals surface area contributed by atoms with E-state index in [9.17, 15) is 9.59 Å². The largest absolute Gasteiger partial charge is 0.462 e. The molecule has 1 heterocycles. The third-order valence-electron chi connectivity index (χ3n) is 3.79. The Kier molecular flexibility index (Phi) is 4.07. The van der Waals surface area contributed by atoms with Crippen molar-refractivity contribution < 1.29 is 19.2 Å². The zero-order valence-electron chi connectivity index (χ0n) is 11.3. The van der Waals surface area contributed by atoms with Crippen molar-refractivity contribution in [2.75, 3.05) is 0 Å². The minimum absolute atomic E-state index is 0.0387. The van der Waals surface area contributed by atoms with E-state index in [4.69, 9.17) is 15.0 Å². The summed E-state index contributed by atoms with van der Waals surface area (Å²) in [6, 6.07) is -0.0387. The molecule has 1 saturated heterocycles. The number of hydrogen-bond donors (Lipinski definition) is 1. The predicted octanol–water partition coefficient (Wildman–Crippen LogP) is 1.64. The van der Waals surface area contributed by atoms with Crippen LogP contribution in [0.5, 0.6) is 0 Å². The SMILES string of the molecule is CC(=O)OC1CCC2CCC(=N)N(OC(C)=O)C2C1. The van der Waals surface area contributed by atoms with Gasteiger partial charge in [-0.1, -0.05) is 0 Å². The smallest absolute Gasteiger partial charge is 0.329 e. The van der Waals surface area contributed by atoms with Crippen LogP contribution in [-0.2, 0) is 19.2 Å². The number of esters is 1. The molecule has 0 amide bonds. The fourth-order valence-corrected chi connectivity index (χ4v) is 3.03. The summed E-state index contributed by atoms with van der Waals surface area (Å²) in [5.41, 5.74) is 0. The van der Waals surface area contributed by atoms with E-state index >= 15 is 0 Å². The van der Waals surface area contributed by atoms with Gasteiger partial charge in [0.25, 0.3) is 0 Å². The number of hydroxylamine groups is 2. The van der Waals surface area contributed by atoms with Gasteiger partial charge >= 0.3 is 11.9 Å². The van der Waals surface area contributed by atoms with Gasteiger partial charge in [-0.3, -0.25) is 15.0 Å². The Hall–Kier alpha value is -1.59.